The van der Waals surface area contributed by atoms with Crippen LogP contribution in [0.25, 0.3) is 0 Å². The molecular weight excluding hydrogens is 344 g/mol. The van der Waals surface area contributed by atoms with Crippen molar-refractivity contribution in [3.63, 3.8) is 0 Å². The molecule has 0 aromatic heterocycles. The Morgan fingerprint density at radius 2 is 1.81 bits per heavy atom. The predicted octanol–water partition coefficient (Wildman–Crippen LogP) is 1.56. The highest BCUT2D eigenvalue weighted by Gasteiger charge is 2.21. The predicted molar refractivity (Wildman–Crippen MR) is 88.8 cm³/mol. The molecule has 9 nitrogen and oxygen atoms in total. The van der Waals surface area contributed by atoms with Crippen LogP contribution in [0, 0.1) is 10.1 Å². The van der Waals surface area contributed by atoms with Crippen molar-refractivity contribution in [3.8, 4) is 5.75 Å². The van der Waals surface area contributed by atoms with E-state index in [-0.39, 0.29) is 18.1 Å². The number of nitro benzene ring substituents is 1. The highest BCUT2D eigenvalue weighted by molar-refractivity contribution is 5.93. The average molecular weight is 358 g/mol. The van der Waals surface area contributed by atoms with Crippen LogP contribution < -0.4 is 10.1 Å². The van der Waals surface area contributed by atoms with Gasteiger partial charge in [0.25, 0.3) is 5.69 Å². The fourth-order valence-corrected chi connectivity index (χ4v) is 2.09. The zero-order valence-electron chi connectivity index (χ0n) is 13.4. The van der Waals surface area contributed by atoms with Gasteiger partial charge in [0.05, 0.1) is 11.3 Å². The summed E-state index contributed by atoms with van der Waals surface area (Å²) in [6, 6.07) is 11.8. The maximum Gasteiger partial charge on any atom is 0.342 e. The molecule has 0 aliphatic carbocycles. The van der Waals surface area contributed by atoms with Crippen molar-refractivity contribution in [2.45, 2.75) is 6.42 Å². The van der Waals surface area contributed by atoms with Gasteiger partial charge in [0.15, 0.2) is 0 Å². The van der Waals surface area contributed by atoms with Crippen LogP contribution in [0.2, 0.25) is 0 Å². The second-order valence-corrected chi connectivity index (χ2v) is 5.15. The zero-order chi connectivity index (χ0) is 19.1. The molecule has 26 heavy (non-hydrogen) atoms. The summed E-state index contributed by atoms with van der Waals surface area (Å²) in [4.78, 5) is 44.5. The molecular formula is C17H14N2O7. The van der Waals surface area contributed by atoms with Gasteiger partial charge in [0.2, 0.25) is 5.91 Å². The number of nitro groups is 1. The number of benzene rings is 2. The van der Waals surface area contributed by atoms with Crippen LogP contribution in [0.15, 0.2) is 48.5 Å². The van der Waals surface area contributed by atoms with Crippen molar-refractivity contribution >= 4 is 23.5 Å². The third-order valence-corrected chi connectivity index (χ3v) is 3.26. The molecule has 9 heteroatoms. The lowest BCUT2D eigenvalue weighted by molar-refractivity contribution is -0.385. The SMILES string of the molecule is O=C(Cc1ccccc1)NCC(=O)Oc1ccc([N+](=O)[O-])c(C(=O)O)c1. The Hall–Kier alpha value is -3.75. The van der Waals surface area contributed by atoms with Crippen LogP contribution in [-0.2, 0) is 16.0 Å². The van der Waals surface area contributed by atoms with Gasteiger partial charge in [0.1, 0.15) is 17.9 Å². The lowest BCUT2D eigenvalue weighted by Gasteiger charge is -2.07. The monoisotopic (exact) mass is 358 g/mol. The van der Waals surface area contributed by atoms with Gasteiger partial charge in [-0.2, -0.15) is 0 Å². The highest BCUT2D eigenvalue weighted by Crippen LogP contribution is 2.24. The molecule has 0 unspecified atom stereocenters. The normalized spacial score (nSPS) is 10.0. The maximum atomic E-state index is 11.8. The first-order valence-electron chi connectivity index (χ1n) is 7.40. The molecule has 0 aliphatic rings. The summed E-state index contributed by atoms with van der Waals surface area (Å²) in [7, 11) is 0. The number of amides is 1. The molecule has 2 N–H and O–H groups in total. The lowest BCUT2D eigenvalue weighted by Crippen LogP contribution is -2.32. The largest absolute Gasteiger partial charge is 0.477 e. The Bertz CT molecular complexity index is 849. The lowest BCUT2D eigenvalue weighted by atomic mass is 10.1. The highest BCUT2D eigenvalue weighted by atomic mass is 16.6. The van der Waals surface area contributed by atoms with Crippen LogP contribution in [0.4, 0.5) is 5.69 Å². The van der Waals surface area contributed by atoms with Gasteiger partial charge in [-0.25, -0.2) is 9.59 Å². The van der Waals surface area contributed by atoms with E-state index in [0.29, 0.717) is 0 Å². The first-order valence-corrected chi connectivity index (χ1v) is 7.40. The smallest absolute Gasteiger partial charge is 0.342 e. The Kier molecular flexibility index (Phi) is 5.99. The first kappa shape index (κ1) is 18.6. The number of carbonyl (C=O) groups is 3. The van der Waals surface area contributed by atoms with Crippen LogP contribution in [0.5, 0.6) is 5.75 Å². The summed E-state index contributed by atoms with van der Waals surface area (Å²) in [5, 5.41) is 22.1. The van der Waals surface area contributed by atoms with E-state index in [1.54, 1.807) is 24.3 Å². The molecule has 1 amide bonds. The van der Waals surface area contributed by atoms with E-state index in [4.69, 9.17) is 9.84 Å². The number of rotatable bonds is 7. The first-order chi connectivity index (χ1) is 12.4. The molecule has 2 aromatic rings. The standard InChI is InChI=1S/C17H14N2O7/c20-15(8-11-4-2-1-3-5-11)18-10-16(21)26-12-6-7-14(19(24)25)13(9-12)17(22)23/h1-7,9H,8,10H2,(H,18,20)(H,22,23). The average Bonchev–Trinajstić information content (AvgIpc) is 2.60. The molecule has 0 saturated heterocycles. The molecule has 0 fully saturated rings. The Morgan fingerprint density at radius 3 is 2.42 bits per heavy atom. The zero-order valence-corrected chi connectivity index (χ0v) is 13.4. The molecule has 0 spiro atoms. The molecule has 134 valence electrons. The van der Waals surface area contributed by atoms with Crippen molar-refractivity contribution in [1.82, 2.24) is 5.32 Å². The second kappa shape index (κ2) is 8.38. The molecule has 2 aromatic carbocycles. The molecule has 0 aliphatic heterocycles. The molecule has 0 atom stereocenters. The van der Waals surface area contributed by atoms with Crippen molar-refractivity contribution < 1.29 is 29.2 Å². The topological polar surface area (TPSA) is 136 Å². The van der Waals surface area contributed by atoms with Gasteiger partial charge < -0.3 is 15.2 Å². The molecule has 2 rings (SSSR count). The van der Waals surface area contributed by atoms with E-state index in [9.17, 15) is 24.5 Å². The Morgan fingerprint density at radius 1 is 1.12 bits per heavy atom. The minimum absolute atomic E-state index is 0.0921. The van der Waals surface area contributed by atoms with Crippen molar-refractivity contribution in [2.24, 2.45) is 0 Å². The number of ether oxygens (including phenoxy) is 1. The number of carboxylic acid groups (broad SMARTS) is 1. The number of carbonyl (C=O) groups excluding carboxylic acids is 2. The number of esters is 1. The minimum atomic E-state index is -1.52. The van der Waals surface area contributed by atoms with Gasteiger partial charge in [-0.1, -0.05) is 30.3 Å². The summed E-state index contributed by atoms with van der Waals surface area (Å²) >= 11 is 0. The van der Waals surface area contributed by atoms with Crippen molar-refractivity contribution in [1.29, 1.82) is 0 Å². The van der Waals surface area contributed by atoms with Crippen LogP contribution >= 0.6 is 0 Å². The third kappa shape index (κ3) is 5.13. The quantitative estimate of drug-likeness (QED) is 0.332. The number of nitrogens with one attached hydrogen (secondary N) is 1. The number of nitrogens with zero attached hydrogens (tertiary/aromatic N) is 1. The van der Waals surface area contributed by atoms with Crippen LogP contribution in [0.1, 0.15) is 15.9 Å². The number of hydrogen-bond acceptors (Lipinski definition) is 6. The van der Waals surface area contributed by atoms with Gasteiger partial charge in [-0.15, -0.1) is 0 Å². The van der Waals surface area contributed by atoms with Crippen LogP contribution in [0.3, 0.4) is 0 Å². The number of aromatic carboxylic acids is 1. The van der Waals surface area contributed by atoms with Crippen LogP contribution in [-0.4, -0.2) is 34.4 Å². The summed E-state index contributed by atoms with van der Waals surface area (Å²) in [5.74, 6) is -2.92. The summed E-state index contributed by atoms with van der Waals surface area (Å²) < 4.78 is 4.90. The minimum Gasteiger partial charge on any atom is -0.477 e. The number of hydrogen-bond donors (Lipinski definition) is 2. The fraction of sp³-hybridized carbons (Fsp3) is 0.118. The second-order valence-electron chi connectivity index (χ2n) is 5.15. The Labute approximate surface area is 147 Å². The van der Waals surface area contributed by atoms with E-state index in [1.165, 1.54) is 0 Å². The molecule has 0 radical (unpaired) electrons. The van der Waals surface area contributed by atoms with Crippen molar-refractivity contribution in [2.75, 3.05) is 6.54 Å². The fourth-order valence-electron chi connectivity index (χ4n) is 2.09. The molecule has 0 saturated carbocycles. The summed E-state index contributed by atoms with van der Waals surface area (Å²) in [6.45, 7) is -0.426. The van der Waals surface area contributed by atoms with E-state index in [2.05, 4.69) is 5.32 Å². The van der Waals surface area contributed by atoms with Gasteiger partial charge >= 0.3 is 11.9 Å². The van der Waals surface area contributed by atoms with Gasteiger partial charge in [-0.05, 0) is 11.6 Å². The maximum absolute atomic E-state index is 11.8. The third-order valence-electron chi connectivity index (χ3n) is 3.26. The van der Waals surface area contributed by atoms with E-state index in [1.807, 2.05) is 6.07 Å². The van der Waals surface area contributed by atoms with E-state index >= 15 is 0 Å². The summed E-state index contributed by atoms with van der Waals surface area (Å²) in [5.41, 5.74) is -0.443. The Balaban J connectivity index is 1.93. The molecule has 0 bridgehead atoms. The van der Waals surface area contributed by atoms with E-state index in [0.717, 1.165) is 23.8 Å². The molecule has 0 heterocycles. The van der Waals surface area contributed by atoms with Crippen molar-refractivity contribution in [3.05, 3.63) is 69.8 Å². The van der Waals surface area contributed by atoms with Gasteiger partial charge in [0, 0.05) is 12.1 Å². The van der Waals surface area contributed by atoms with Gasteiger partial charge in [-0.3, -0.25) is 14.9 Å². The van der Waals surface area contributed by atoms with E-state index < -0.39 is 34.7 Å². The number of carboxylic acids is 1. The summed E-state index contributed by atoms with van der Waals surface area (Å²) in [6.07, 6.45) is 0.0921.